The van der Waals surface area contributed by atoms with Gasteiger partial charge in [0.15, 0.2) is 11.6 Å². The molecular formula is C17H27FN2O. The Morgan fingerprint density at radius 3 is 2.33 bits per heavy atom. The first-order valence-electron chi connectivity index (χ1n) is 7.78. The number of methoxy groups -OCH3 is 1. The molecule has 3 nitrogen and oxygen atoms in total. The molecule has 1 unspecified atom stereocenters. The van der Waals surface area contributed by atoms with Crippen molar-refractivity contribution in [2.24, 2.45) is 5.73 Å². The lowest BCUT2D eigenvalue weighted by Gasteiger charge is -2.44. The Labute approximate surface area is 127 Å². The Morgan fingerprint density at radius 1 is 1.19 bits per heavy atom. The lowest BCUT2D eigenvalue weighted by atomic mass is 9.78. The second kappa shape index (κ2) is 6.75. The largest absolute Gasteiger partial charge is 0.494 e. The summed E-state index contributed by atoms with van der Waals surface area (Å²) in [6.45, 7) is 0. The summed E-state index contributed by atoms with van der Waals surface area (Å²) in [6, 6.07) is 4.90. The molecule has 118 valence electrons. The van der Waals surface area contributed by atoms with Crippen molar-refractivity contribution < 1.29 is 9.13 Å². The zero-order chi connectivity index (χ0) is 15.5. The number of hydrogen-bond donors (Lipinski definition) is 1. The third-order valence-electron chi connectivity index (χ3n) is 4.99. The number of rotatable bonds is 4. The maximum Gasteiger partial charge on any atom is 0.169 e. The molecule has 21 heavy (non-hydrogen) atoms. The summed E-state index contributed by atoms with van der Waals surface area (Å²) < 4.78 is 19.7. The van der Waals surface area contributed by atoms with Gasteiger partial charge in [-0.05, 0) is 33.0 Å². The topological polar surface area (TPSA) is 38.5 Å². The van der Waals surface area contributed by atoms with Gasteiger partial charge >= 0.3 is 0 Å². The molecule has 0 bridgehead atoms. The lowest BCUT2D eigenvalue weighted by molar-refractivity contribution is 0.0952. The van der Waals surface area contributed by atoms with Gasteiger partial charge in [-0.15, -0.1) is 0 Å². The van der Waals surface area contributed by atoms with Crippen molar-refractivity contribution in [1.29, 1.82) is 0 Å². The van der Waals surface area contributed by atoms with Crippen LogP contribution in [0.5, 0.6) is 5.75 Å². The Kier molecular flexibility index (Phi) is 5.22. The average Bonchev–Trinajstić information content (AvgIpc) is 2.73. The number of benzene rings is 1. The van der Waals surface area contributed by atoms with Gasteiger partial charge in [0, 0.05) is 11.1 Å². The van der Waals surface area contributed by atoms with Gasteiger partial charge in [0.2, 0.25) is 0 Å². The van der Waals surface area contributed by atoms with Gasteiger partial charge in [-0.3, -0.25) is 0 Å². The highest BCUT2D eigenvalue weighted by atomic mass is 19.1. The molecule has 0 aromatic heterocycles. The van der Waals surface area contributed by atoms with Crippen LogP contribution in [0, 0.1) is 5.82 Å². The molecule has 1 fully saturated rings. The zero-order valence-electron chi connectivity index (χ0n) is 13.4. The molecule has 2 N–H and O–H groups in total. The molecule has 0 saturated heterocycles. The predicted molar refractivity (Wildman–Crippen MR) is 84.0 cm³/mol. The summed E-state index contributed by atoms with van der Waals surface area (Å²) in [7, 11) is 5.60. The minimum absolute atomic E-state index is 0.177. The maximum atomic E-state index is 14.6. The molecule has 1 aliphatic rings. The molecule has 1 aromatic carbocycles. The van der Waals surface area contributed by atoms with Crippen molar-refractivity contribution in [3.8, 4) is 5.75 Å². The standard InChI is InChI=1S/C17H27FN2O/c1-20(2)17(11-6-4-5-7-12-17)16(19)13-9-8-10-14(21-3)15(13)18/h8-10,16H,4-7,11-12,19H2,1-3H3. The van der Waals surface area contributed by atoms with Crippen LogP contribution >= 0.6 is 0 Å². The first kappa shape index (κ1) is 16.2. The van der Waals surface area contributed by atoms with E-state index >= 15 is 0 Å². The van der Waals surface area contributed by atoms with Crippen LogP contribution in [-0.2, 0) is 0 Å². The molecule has 0 radical (unpaired) electrons. The SMILES string of the molecule is COc1cccc(C(N)C2(N(C)C)CCCCCC2)c1F. The monoisotopic (exact) mass is 294 g/mol. The Hall–Kier alpha value is -1.13. The molecule has 1 saturated carbocycles. The number of halogens is 1. The van der Waals surface area contributed by atoms with Gasteiger partial charge in [-0.25, -0.2) is 4.39 Å². The third kappa shape index (κ3) is 3.06. The van der Waals surface area contributed by atoms with E-state index < -0.39 is 0 Å². The number of hydrogen-bond acceptors (Lipinski definition) is 3. The fourth-order valence-electron chi connectivity index (χ4n) is 3.59. The molecule has 0 amide bonds. The van der Waals surface area contributed by atoms with Crippen LogP contribution in [0.15, 0.2) is 18.2 Å². The summed E-state index contributed by atoms with van der Waals surface area (Å²) in [4.78, 5) is 2.20. The number of nitrogens with two attached hydrogens (primary N) is 1. The van der Waals surface area contributed by atoms with E-state index in [2.05, 4.69) is 19.0 Å². The van der Waals surface area contributed by atoms with E-state index in [0.717, 1.165) is 25.7 Å². The van der Waals surface area contributed by atoms with Gasteiger partial charge in [-0.1, -0.05) is 37.8 Å². The molecule has 0 spiro atoms. The predicted octanol–water partition coefficient (Wildman–Crippen LogP) is 3.49. The van der Waals surface area contributed by atoms with Crippen molar-refractivity contribution >= 4 is 0 Å². The quantitative estimate of drug-likeness (QED) is 0.864. The summed E-state index contributed by atoms with van der Waals surface area (Å²) in [5.41, 5.74) is 6.95. The zero-order valence-corrected chi connectivity index (χ0v) is 13.4. The molecule has 1 atom stereocenters. The van der Waals surface area contributed by atoms with E-state index in [9.17, 15) is 4.39 Å². The summed E-state index contributed by atoms with van der Waals surface area (Å²) >= 11 is 0. The first-order chi connectivity index (χ1) is 10.0. The van der Waals surface area contributed by atoms with E-state index in [-0.39, 0.29) is 23.1 Å². The fraction of sp³-hybridized carbons (Fsp3) is 0.647. The van der Waals surface area contributed by atoms with Gasteiger partial charge in [-0.2, -0.15) is 0 Å². The van der Waals surface area contributed by atoms with E-state index in [1.54, 1.807) is 12.1 Å². The molecule has 1 aliphatic carbocycles. The lowest BCUT2D eigenvalue weighted by Crippen LogP contribution is -2.52. The molecule has 4 heteroatoms. The number of likely N-dealkylation sites (N-methyl/N-ethyl adjacent to an activating group) is 1. The molecule has 1 aromatic rings. The van der Waals surface area contributed by atoms with Crippen LogP contribution in [0.1, 0.15) is 50.1 Å². The van der Waals surface area contributed by atoms with Crippen LogP contribution in [0.3, 0.4) is 0 Å². The fourth-order valence-corrected chi connectivity index (χ4v) is 3.59. The Bertz CT molecular complexity index is 468. The minimum Gasteiger partial charge on any atom is -0.494 e. The first-order valence-corrected chi connectivity index (χ1v) is 7.78. The summed E-state index contributed by atoms with van der Waals surface area (Å²) in [5, 5.41) is 0. The van der Waals surface area contributed by atoms with E-state index in [0.29, 0.717) is 5.56 Å². The van der Waals surface area contributed by atoms with Crippen LogP contribution in [-0.4, -0.2) is 31.6 Å². The van der Waals surface area contributed by atoms with Crippen molar-refractivity contribution in [3.05, 3.63) is 29.6 Å². The van der Waals surface area contributed by atoms with Crippen molar-refractivity contribution in [1.82, 2.24) is 4.90 Å². The average molecular weight is 294 g/mol. The smallest absolute Gasteiger partial charge is 0.169 e. The van der Waals surface area contributed by atoms with E-state index in [4.69, 9.17) is 10.5 Å². The van der Waals surface area contributed by atoms with Crippen molar-refractivity contribution in [3.63, 3.8) is 0 Å². The van der Waals surface area contributed by atoms with E-state index in [1.807, 2.05) is 6.07 Å². The molecule has 0 heterocycles. The Morgan fingerprint density at radius 2 is 1.81 bits per heavy atom. The highest BCUT2D eigenvalue weighted by molar-refractivity contribution is 5.34. The minimum atomic E-state index is -0.347. The normalized spacial score (nSPS) is 20.1. The highest BCUT2D eigenvalue weighted by Gasteiger charge is 2.41. The van der Waals surface area contributed by atoms with Gasteiger partial charge in [0.1, 0.15) is 0 Å². The highest BCUT2D eigenvalue weighted by Crippen LogP contribution is 2.41. The summed E-state index contributed by atoms with van der Waals surface area (Å²) in [5.74, 6) is -0.0524. The van der Waals surface area contributed by atoms with Crippen molar-refractivity contribution in [2.75, 3.05) is 21.2 Å². The molecular weight excluding hydrogens is 267 g/mol. The van der Waals surface area contributed by atoms with Crippen LogP contribution in [0.25, 0.3) is 0 Å². The third-order valence-corrected chi connectivity index (χ3v) is 4.99. The van der Waals surface area contributed by atoms with Crippen LogP contribution in [0.4, 0.5) is 4.39 Å². The second-order valence-electron chi connectivity index (χ2n) is 6.25. The van der Waals surface area contributed by atoms with Gasteiger partial charge in [0.25, 0.3) is 0 Å². The van der Waals surface area contributed by atoms with Crippen LogP contribution < -0.4 is 10.5 Å². The van der Waals surface area contributed by atoms with E-state index in [1.165, 1.54) is 20.0 Å². The molecule has 0 aliphatic heterocycles. The molecule has 2 rings (SSSR count). The maximum absolute atomic E-state index is 14.6. The Balaban J connectivity index is 2.41. The second-order valence-corrected chi connectivity index (χ2v) is 6.25. The number of ether oxygens (including phenoxy) is 1. The number of nitrogens with zero attached hydrogens (tertiary/aromatic N) is 1. The van der Waals surface area contributed by atoms with Crippen molar-refractivity contribution in [2.45, 2.75) is 50.1 Å². The van der Waals surface area contributed by atoms with Crippen LogP contribution in [0.2, 0.25) is 0 Å². The summed E-state index contributed by atoms with van der Waals surface area (Å²) in [6.07, 6.45) is 6.80. The van der Waals surface area contributed by atoms with Gasteiger partial charge in [0.05, 0.1) is 13.2 Å². The van der Waals surface area contributed by atoms with Gasteiger partial charge < -0.3 is 15.4 Å².